The summed E-state index contributed by atoms with van der Waals surface area (Å²) < 4.78 is 1.95. The van der Waals surface area contributed by atoms with Gasteiger partial charge in [-0.3, -0.25) is 14.6 Å². The van der Waals surface area contributed by atoms with Crippen LogP contribution in [0.5, 0.6) is 0 Å². The number of amides is 1. The molecule has 0 atom stereocenters. The van der Waals surface area contributed by atoms with Crippen molar-refractivity contribution in [2.45, 2.75) is 33.2 Å². The minimum absolute atomic E-state index is 0.135. The number of benzene rings is 1. The first-order valence-corrected chi connectivity index (χ1v) is 11.1. The molecule has 1 aromatic carbocycles. The van der Waals surface area contributed by atoms with Gasteiger partial charge in [-0.2, -0.15) is 0 Å². The number of aryl methyl sites for hydroxylation is 1. The first kappa shape index (κ1) is 21.5. The second-order valence-electron chi connectivity index (χ2n) is 8.68. The summed E-state index contributed by atoms with van der Waals surface area (Å²) in [7, 11) is 0. The monoisotopic (exact) mass is 452 g/mol. The number of aromatic nitrogens is 5. The van der Waals surface area contributed by atoms with Crippen LogP contribution in [-0.2, 0) is 11.2 Å². The van der Waals surface area contributed by atoms with Crippen molar-refractivity contribution in [3.05, 3.63) is 83.8 Å². The third-order valence-electron chi connectivity index (χ3n) is 5.85. The number of hydrogen-bond acceptors (Lipinski definition) is 5. The number of nitrogens with one attached hydrogen (secondary N) is 2. The molecule has 170 valence electrons. The topological polar surface area (TPSA) is 106 Å². The Morgan fingerprint density at radius 1 is 1.09 bits per heavy atom. The molecule has 5 aromatic rings. The van der Waals surface area contributed by atoms with Crippen molar-refractivity contribution < 1.29 is 9.59 Å². The maximum absolute atomic E-state index is 13.3. The summed E-state index contributed by atoms with van der Waals surface area (Å²) in [5, 5.41) is 4.58. The molecule has 4 heterocycles. The summed E-state index contributed by atoms with van der Waals surface area (Å²) in [6.07, 6.45) is 10.0. The number of aromatic amines is 1. The second-order valence-corrected chi connectivity index (χ2v) is 8.68. The number of H-pyrrole nitrogens is 1. The first-order valence-electron chi connectivity index (χ1n) is 11.1. The maximum atomic E-state index is 13.3. The molecule has 8 heteroatoms. The third kappa shape index (κ3) is 3.94. The highest BCUT2D eigenvalue weighted by Crippen LogP contribution is 2.25. The summed E-state index contributed by atoms with van der Waals surface area (Å²) in [6.45, 7) is 6.08. The number of anilines is 1. The van der Waals surface area contributed by atoms with E-state index in [2.05, 4.69) is 31.3 Å². The van der Waals surface area contributed by atoms with Crippen LogP contribution in [0.1, 0.15) is 46.9 Å². The van der Waals surface area contributed by atoms with Crippen molar-refractivity contribution in [3.63, 3.8) is 0 Å². The Kier molecular flexibility index (Phi) is 5.41. The highest BCUT2D eigenvalue weighted by Gasteiger charge is 2.20. The van der Waals surface area contributed by atoms with Gasteiger partial charge in [-0.05, 0) is 44.5 Å². The Hall–Kier alpha value is -4.33. The van der Waals surface area contributed by atoms with Gasteiger partial charge >= 0.3 is 0 Å². The smallest absolute Gasteiger partial charge is 0.228 e. The molecule has 0 radical (unpaired) electrons. The highest BCUT2D eigenvalue weighted by molar-refractivity contribution is 6.16. The van der Waals surface area contributed by atoms with Crippen LogP contribution < -0.4 is 5.32 Å². The Labute approximate surface area is 196 Å². The summed E-state index contributed by atoms with van der Waals surface area (Å²) in [4.78, 5) is 41.9. The zero-order valence-corrected chi connectivity index (χ0v) is 19.2. The standard InChI is InChI=1S/C26H24N6O2/c1-15(2)32-13-22(21-12-28-14-30-26(21)32)25(34)18-7-19(11-27-9-18)31-24(33)8-17-10-29-23-5-4-16(3)6-20(17)23/h4-7,9-15,29H,8H2,1-3H3,(H,31,33). The molecule has 0 fully saturated rings. The van der Waals surface area contributed by atoms with E-state index in [1.54, 1.807) is 18.5 Å². The van der Waals surface area contributed by atoms with Gasteiger partial charge in [0.05, 0.1) is 23.9 Å². The Bertz CT molecular complexity index is 1550. The van der Waals surface area contributed by atoms with E-state index in [0.717, 1.165) is 22.0 Å². The van der Waals surface area contributed by atoms with Crippen molar-refractivity contribution in [1.29, 1.82) is 0 Å². The average molecular weight is 453 g/mol. The molecule has 8 nitrogen and oxygen atoms in total. The summed E-state index contributed by atoms with van der Waals surface area (Å²) in [5.41, 5.74) is 5.10. The molecule has 0 aliphatic carbocycles. The lowest BCUT2D eigenvalue weighted by Crippen LogP contribution is -2.15. The molecular formula is C26H24N6O2. The molecule has 2 N–H and O–H groups in total. The van der Waals surface area contributed by atoms with Crippen molar-refractivity contribution in [2.24, 2.45) is 0 Å². The molecule has 0 saturated carbocycles. The van der Waals surface area contributed by atoms with Crippen LogP contribution >= 0.6 is 0 Å². The van der Waals surface area contributed by atoms with Crippen LogP contribution in [0.3, 0.4) is 0 Å². The molecule has 34 heavy (non-hydrogen) atoms. The number of hydrogen-bond donors (Lipinski definition) is 2. The first-order chi connectivity index (χ1) is 16.4. The van der Waals surface area contributed by atoms with Gasteiger partial charge in [0.1, 0.15) is 12.0 Å². The van der Waals surface area contributed by atoms with Crippen LogP contribution in [0.25, 0.3) is 21.9 Å². The number of rotatable bonds is 6. The Balaban J connectivity index is 1.38. The normalized spacial score (nSPS) is 11.4. The average Bonchev–Trinajstić information content (AvgIpc) is 3.40. The van der Waals surface area contributed by atoms with Crippen molar-refractivity contribution in [2.75, 3.05) is 5.32 Å². The van der Waals surface area contributed by atoms with E-state index in [1.165, 1.54) is 18.7 Å². The number of carbonyl (C=O) groups is 2. The van der Waals surface area contributed by atoms with Crippen LogP contribution in [0, 0.1) is 6.92 Å². The van der Waals surface area contributed by atoms with Gasteiger partial charge in [-0.1, -0.05) is 11.6 Å². The zero-order chi connectivity index (χ0) is 23.8. The van der Waals surface area contributed by atoms with E-state index in [-0.39, 0.29) is 24.2 Å². The number of nitrogens with zero attached hydrogens (tertiary/aromatic N) is 4. The molecule has 1 amide bonds. The lowest BCUT2D eigenvalue weighted by Gasteiger charge is -2.07. The van der Waals surface area contributed by atoms with Gasteiger partial charge in [0.15, 0.2) is 5.78 Å². The molecule has 5 rings (SSSR count). The molecule has 0 aliphatic heterocycles. The van der Waals surface area contributed by atoms with Gasteiger partial charge in [-0.15, -0.1) is 0 Å². The number of ketones is 1. The van der Waals surface area contributed by atoms with E-state index in [1.807, 2.05) is 43.7 Å². The molecule has 4 aromatic heterocycles. The van der Waals surface area contributed by atoms with Crippen molar-refractivity contribution >= 4 is 39.3 Å². The van der Waals surface area contributed by atoms with Gasteiger partial charge in [0.2, 0.25) is 5.91 Å². The van der Waals surface area contributed by atoms with E-state index in [0.29, 0.717) is 27.8 Å². The maximum Gasteiger partial charge on any atom is 0.228 e. The molecule has 0 saturated heterocycles. The van der Waals surface area contributed by atoms with Crippen LogP contribution in [0.4, 0.5) is 5.69 Å². The van der Waals surface area contributed by atoms with Crippen LogP contribution in [0.2, 0.25) is 0 Å². The SMILES string of the molecule is Cc1ccc2[nH]cc(CC(=O)Nc3cncc(C(=O)c4cn(C(C)C)c5ncncc45)c3)c2c1. The van der Waals surface area contributed by atoms with Gasteiger partial charge in [0, 0.05) is 52.7 Å². The molecule has 0 spiro atoms. The highest BCUT2D eigenvalue weighted by atomic mass is 16.1. The van der Waals surface area contributed by atoms with E-state index < -0.39 is 0 Å². The fourth-order valence-corrected chi connectivity index (χ4v) is 4.17. The van der Waals surface area contributed by atoms with E-state index in [9.17, 15) is 9.59 Å². The third-order valence-corrected chi connectivity index (χ3v) is 5.85. The quantitative estimate of drug-likeness (QED) is 0.366. The van der Waals surface area contributed by atoms with Crippen LogP contribution in [-0.4, -0.2) is 36.2 Å². The minimum atomic E-state index is -0.199. The van der Waals surface area contributed by atoms with Gasteiger partial charge in [-0.25, -0.2) is 9.97 Å². The second kappa shape index (κ2) is 8.55. The zero-order valence-electron chi connectivity index (χ0n) is 19.2. The van der Waals surface area contributed by atoms with Crippen molar-refractivity contribution in [1.82, 2.24) is 24.5 Å². The Morgan fingerprint density at radius 3 is 2.76 bits per heavy atom. The summed E-state index contributed by atoms with van der Waals surface area (Å²) in [5.74, 6) is -0.381. The summed E-state index contributed by atoms with van der Waals surface area (Å²) >= 11 is 0. The molecule has 0 unspecified atom stereocenters. The van der Waals surface area contributed by atoms with Crippen molar-refractivity contribution in [3.8, 4) is 0 Å². The summed E-state index contributed by atoms with van der Waals surface area (Å²) in [6, 6.07) is 7.88. The van der Waals surface area contributed by atoms with E-state index >= 15 is 0 Å². The Morgan fingerprint density at radius 2 is 1.94 bits per heavy atom. The lowest BCUT2D eigenvalue weighted by molar-refractivity contribution is -0.115. The number of fused-ring (bicyclic) bond motifs is 2. The predicted octanol–water partition coefficient (Wildman–Crippen LogP) is 4.61. The predicted molar refractivity (Wildman–Crippen MR) is 131 cm³/mol. The fourth-order valence-electron chi connectivity index (χ4n) is 4.17. The molecule has 0 aliphatic rings. The lowest BCUT2D eigenvalue weighted by atomic mass is 10.1. The minimum Gasteiger partial charge on any atom is -0.361 e. The molecular weight excluding hydrogens is 428 g/mol. The fraction of sp³-hybridized carbons (Fsp3) is 0.192. The van der Waals surface area contributed by atoms with Gasteiger partial charge < -0.3 is 14.9 Å². The van der Waals surface area contributed by atoms with Gasteiger partial charge in [0.25, 0.3) is 0 Å². The molecule has 0 bridgehead atoms. The van der Waals surface area contributed by atoms with E-state index in [4.69, 9.17) is 0 Å². The number of carbonyl (C=O) groups excluding carboxylic acids is 2. The largest absolute Gasteiger partial charge is 0.361 e. The number of pyridine rings is 1. The van der Waals surface area contributed by atoms with Crippen LogP contribution in [0.15, 0.2) is 61.6 Å².